The van der Waals surface area contributed by atoms with Gasteiger partial charge in [0.05, 0.1) is 6.04 Å². The number of thiocarbonyl (C=S) groups is 1. The van der Waals surface area contributed by atoms with Crippen molar-refractivity contribution in [1.82, 2.24) is 5.32 Å². The first-order chi connectivity index (χ1) is 12.1. The fourth-order valence-corrected chi connectivity index (χ4v) is 3.12. The average molecular weight is 346 g/mol. The molecule has 3 heteroatoms. The van der Waals surface area contributed by atoms with Crippen LogP contribution in [0.15, 0.2) is 78.9 Å². The van der Waals surface area contributed by atoms with Crippen molar-refractivity contribution in [3.63, 3.8) is 0 Å². The maximum atomic E-state index is 5.58. The van der Waals surface area contributed by atoms with Crippen LogP contribution in [0.4, 0.5) is 5.69 Å². The van der Waals surface area contributed by atoms with Crippen molar-refractivity contribution in [2.75, 3.05) is 5.32 Å². The van der Waals surface area contributed by atoms with E-state index in [2.05, 4.69) is 66.9 Å². The van der Waals surface area contributed by atoms with Crippen LogP contribution < -0.4 is 10.6 Å². The van der Waals surface area contributed by atoms with Crippen LogP contribution in [0.3, 0.4) is 0 Å². The molecule has 126 valence electrons. The monoisotopic (exact) mass is 346 g/mol. The number of aryl methyl sites for hydroxylation is 2. The molecule has 2 N–H and O–H groups in total. The van der Waals surface area contributed by atoms with Gasteiger partial charge in [-0.1, -0.05) is 78.4 Å². The van der Waals surface area contributed by atoms with Gasteiger partial charge in [-0.3, -0.25) is 0 Å². The van der Waals surface area contributed by atoms with Crippen molar-refractivity contribution in [3.05, 3.63) is 101 Å². The van der Waals surface area contributed by atoms with Crippen LogP contribution in [0.2, 0.25) is 0 Å². The van der Waals surface area contributed by atoms with Crippen LogP contribution in [-0.4, -0.2) is 5.11 Å². The molecule has 0 fully saturated rings. The Balaban J connectivity index is 1.82. The minimum Gasteiger partial charge on any atom is -0.352 e. The van der Waals surface area contributed by atoms with Gasteiger partial charge in [-0.05, 0) is 48.8 Å². The number of anilines is 1. The quantitative estimate of drug-likeness (QED) is 0.620. The maximum absolute atomic E-state index is 5.58. The van der Waals surface area contributed by atoms with Gasteiger partial charge in [0.25, 0.3) is 0 Å². The SMILES string of the molecule is Cc1ccc(NC(=S)NC(c2ccccc2)c2ccccc2)c(C)c1. The van der Waals surface area contributed by atoms with E-state index in [1.807, 2.05) is 36.4 Å². The third kappa shape index (κ3) is 4.46. The van der Waals surface area contributed by atoms with Crippen LogP contribution in [0.25, 0.3) is 0 Å². The van der Waals surface area contributed by atoms with E-state index >= 15 is 0 Å². The van der Waals surface area contributed by atoms with E-state index in [0.717, 1.165) is 5.69 Å². The predicted molar refractivity (Wildman–Crippen MR) is 110 cm³/mol. The standard InChI is InChI=1S/C22H22N2S/c1-16-13-14-20(17(2)15-16)23-22(25)24-21(18-9-5-3-6-10-18)19-11-7-4-8-12-19/h3-15,21H,1-2H3,(H2,23,24,25). The molecule has 0 aliphatic rings. The molecule has 0 unspecified atom stereocenters. The molecule has 0 radical (unpaired) electrons. The van der Waals surface area contributed by atoms with Gasteiger partial charge in [0.15, 0.2) is 5.11 Å². The Morgan fingerprint density at radius 1 is 0.800 bits per heavy atom. The van der Waals surface area contributed by atoms with Crippen LogP contribution in [-0.2, 0) is 0 Å². The van der Waals surface area contributed by atoms with Crippen LogP contribution in [0, 0.1) is 13.8 Å². The number of hydrogen-bond acceptors (Lipinski definition) is 1. The van der Waals surface area contributed by atoms with Crippen molar-refractivity contribution in [3.8, 4) is 0 Å². The summed E-state index contributed by atoms with van der Waals surface area (Å²) >= 11 is 5.58. The van der Waals surface area contributed by atoms with E-state index in [1.165, 1.54) is 22.3 Å². The first-order valence-electron chi connectivity index (χ1n) is 8.38. The first-order valence-corrected chi connectivity index (χ1v) is 8.79. The smallest absolute Gasteiger partial charge is 0.171 e. The molecule has 3 rings (SSSR count). The Morgan fingerprint density at radius 3 is 1.88 bits per heavy atom. The zero-order chi connectivity index (χ0) is 17.6. The number of hydrogen-bond donors (Lipinski definition) is 2. The summed E-state index contributed by atoms with van der Waals surface area (Å²) in [6.07, 6.45) is 0. The van der Waals surface area contributed by atoms with E-state index in [1.54, 1.807) is 0 Å². The number of nitrogens with one attached hydrogen (secondary N) is 2. The summed E-state index contributed by atoms with van der Waals surface area (Å²) in [6, 6.07) is 27.0. The second-order valence-electron chi connectivity index (χ2n) is 6.17. The lowest BCUT2D eigenvalue weighted by molar-refractivity contribution is 0.768. The summed E-state index contributed by atoms with van der Waals surface area (Å²) in [5.74, 6) is 0. The molecule has 0 aromatic heterocycles. The summed E-state index contributed by atoms with van der Waals surface area (Å²) in [4.78, 5) is 0. The minimum atomic E-state index is 0.00755. The van der Waals surface area contributed by atoms with Gasteiger partial charge in [0.1, 0.15) is 0 Å². The van der Waals surface area contributed by atoms with Crippen molar-refractivity contribution >= 4 is 23.0 Å². The van der Waals surface area contributed by atoms with Crippen molar-refractivity contribution in [2.45, 2.75) is 19.9 Å². The summed E-state index contributed by atoms with van der Waals surface area (Å²) < 4.78 is 0. The van der Waals surface area contributed by atoms with Gasteiger partial charge in [0.2, 0.25) is 0 Å². The highest BCUT2D eigenvalue weighted by Gasteiger charge is 2.15. The molecule has 3 aromatic rings. The van der Waals surface area contributed by atoms with E-state index in [4.69, 9.17) is 12.2 Å². The second kappa shape index (κ2) is 7.95. The zero-order valence-electron chi connectivity index (χ0n) is 14.5. The average Bonchev–Trinajstić information content (AvgIpc) is 2.63. The van der Waals surface area contributed by atoms with Crippen molar-refractivity contribution in [2.24, 2.45) is 0 Å². The Labute approximate surface area is 154 Å². The van der Waals surface area contributed by atoms with Gasteiger partial charge >= 0.3 is 0 Å². The van der Waals surface area contributed by atoms with Crippen molar-refractivity contribution < 1.29 is 0 Å². The zero-order valence-corrected chi connectivity index (χ0v) is 15.3. The fraction of sp³-hybridized carbons (Fsp3) is 0.136. The normalized spacial score (nSPS) is 10.5. The molecule has 3 aromatic carbocycles. The summed E-state index contributed by atoms with van der Waals surface area (Å²) in [6.45, 7) is 4.18. The second-order valence-corrected chi connectivity index (χ2v) is 6.58. The summed E-state index contributed by atoms with van der Waals surface area (Å²) in [7, 11) is 0. The molecule has 0 aliphatic heterocycles. The third-order valence-electron chi connectivity index (χ3n) is 4.17. The summed E-state index contributed by atoms with van der Waals surface area (Å²) in [5, 5.41) is 7.40. The van der Waals surface area contributed by atoms with Gasteiger partial charge in [-0.15, -0.1) is 0 Å². The highest BCUT2D eigenvalue weighted by molar-refractivity contribution is 7.80. The largest absolute Gasteiger partial charge is 0.352 e. The first kappa shape index (κ1) is 17.2. The highest BCUT2D eigenvalue weighted by atomic mass is 32.1. The Kier molecular flexibility index (Phi) is 5.46. The summed E-state index contributed by atoms with van der Waals surface area (Å²) in [5.41, 5.74) is 5.81. The number of rotatable bonds is 4. The molecule has 0 heterocycles. The van der Waals surface area contributed by atoms with Gasteiger partial charge in [0, 0.05) is 5.69 Å². The lowest BCUT2D eigenvalue weighted by Gasteiger charge is -2.22. The fourth-order valence-electron chi connectivity index (χ4n) is 2.89. The van der Waals surface area contributed by atoms with E-state index in [9.17, 15) is 0 Å². The van der Waals surface area contributed by atoms with Crippen LogP contribution in [0.5, 0.6) is 0 Å². The highest BCUT2D eigenvalue weighted by Crippen LogP contribution is 2.22. The molecule has 2 nitrogen and oxygen atoms in total. The molecule has 0 bridgehead atoms. The molecule has 0 spiro atoms. The molecule has 0 saturated heterocycles. The topological polar surface area (TPSA) is 24.1 Å². The maximum Gasteiger partial charge on any atom is 0.171 e. The molecule has 0 amide bonds. The number of benzene rings is 3. The predicted octanol–water partition coefficient (Wildman–Crippen LogP) is 5.38. The van der Waals surface area contributed by atoms with Crippen molar-refractivity contribution in [1.29, 1.82) is 0 Å². The van der Waals surface area contributed by atoms with E-state index < -0.39 is 0 Å². The molecular formula is C22H22N2S. The third-order valence-corrected chi connectivity index (χ3v) is 4.39. The molecule has 0 atom stereocenters. The van der Waals surface area contributed by atoms with E-state index in [-0.39, 0.29) is 6.04 Å². The van der Waals surface area contributed by atoms with Gasteiger partial charge in [-0.25, -0.2) is 0 Å². The Bertz CT molecular complexity index is 805. The lowest BCUT2D eigenvalue weighted by Crippen LogP contribution is -2.33. The van der Waals surface area contributed by atoms with Crippen LogP contribution >= 0.6 is 12.2 Å². The molecule has 25 heavy (non-hydrogen) atoms. The van der Waals surface area contributed by atoms with Gasteiger partial charge < -0.3 is 10.6 Å². The van der Waals surface area contributed by atoms with Gasteiger partial charge in [-0.2, -0.15) is 0 Å². The molecular weight excluding hydrogens is 324 g/mol. The lowest BCUT2D eigenvalue weighted by atomic mass is 9.99. The van der Waals surface area contributed by atoms with E-state index in [0.29, 0.717) is 5.11 Å². The minimum absolute atomic E-state index is 0.00755. The molecule has 0 saturated carbocycles. The Hall–Kier alpha value is -2.65. The Morgan fingerprint density at radius 2 is 1.36 bits per heavy atom. The van der Waals surface area contributed by atoms with Crippen LogP contribution in [0.1, 0.15) is 28.3 Å². The molecule has 0 aliphatic carbocycles.